The molecule has 0 fully saturated rings. The normalized spacial score (nSPS) is 15.2. The van der Waals surface area contributed by atoms with Crippen molar-refractivity contribution in [2.24, 2.45) is 5.92 Å². The quantitative estimate of drug-likeness (QED) is 0.806. The number of carbonyl (C=O) groups is 1. The summed E-state index contributed by atoms with van der Waals surface area (Å²) in [5, 5.41) is 13.1. The second-order valence-corrected chi connectivity index (χ2v) is 5.20. The molecule has 0 heterocycles. The summed E-state index contributed by atoms with van der Waals surface area (Å²) in [6.07, 6.45) is 1.11. The Bertz CT molecular complexity index is 416. The fourth-order valence-corrected chi connectivity index (χ4v) is 2.10. The summed E-state index contributed by atoms with van der Waals surface area (Å²) in [6.45, 7) is 5.77. The molecule has 0 aliphatic rings. The monoisotopic (exact) mass is 279 g/mol. The van der Waals surface area contributed by atoms with Crippen LogP contribution in [0.15, 0.2) is 24.3 Å². The van der Waals surface area contributed by atoms with Crippen LogP contribution in [0.1, 0.15) is 45.3 Å². The van der Waals surface area contributed by atoms with Gasteiger partial charge in [-0.1, -0.05) is 32.4 Å². The summed E-state index contributed by atoms with van der Waals surface area (Å²) in [4.78, 5) is 11.9. The first-order valence-electron chi connectivity index (χ1n) is 7.12. The van der Waals surface area contributed by atoms with Gasteiger partial charge >= 0.3 is 0 Å². The fraction of sp³-hybridized carbons (Fsp3) is 0.562. The zero-order chi connectivity index (χ0) is 15.1. The van der Waals surface area contributed by atoms with Crippen molar-refractivity contribution in [1.29, 1.82) is 0 Å². The van der Waals surface area contributed by atoms with Gasteiger partial charge in [0.25, 0.3) is 0 Å². The van der Waals surface area contributed by atoms with Gasteiger partial charge in [0.15, 0.2) is 0 Å². The number of aliphatic hydroxyl groups is 1. The van der Waals surface area contributed by atoms with Crippen molar-refractivity contribution < 1.29 is 14.6 Å². The van der Waals surface area contributed by atoms with Gasteiger partial charge < -0.3 is 15.2 Å². The van der Waals surface area contributed by atoms with E-state index < -0.39 is 6.10 Å². The molecular formula is C16H25NO3. The third-order valence-corrected chi connectivity index (χ3v) is 3.47. The molecule has 4 nitrogen and oxygen atoms in total. The molecule has 4 heteroatoms. The molecular weight excluding hydrogens is 254 g/mol. The highest BCUT2D eigenvalue weighted by atomic mass is 16.5. The van der Waals surface area contributed by atoms with E-state index in [1.54, 1.807) is 19.2 Å². The second kappa shape index (κ2) is 7.90. The summed E-state index contributed by atoms with van der Waals surface area (Å²) in [6, 6.07) is 6.89. The largest absolute Gasteiger partial charge is 0.497 e. The molecule has 0 aromatic heterocycles. The fourth-order valence-electron chi connectivity index (χ4n) is 2.10. The number of rotatable bonds is 7. The van der Waals surface area contributed by atoms with Crippen molar-refractivity contribution >= 4 is 5.91 Å². The van der Waals surface area contributed by atoms with Crippen molar-refractivity contribution in [2.75, 3.05) is 7.11 Å². The Kier molecular flexibility index (Phi) is 6.52. The summed E-state index contributed by atoms with van der Waals surface area (Å²) >= 11 is 0. The van der Waals surface area contributed by atoms with Crippen LogP contribution < -0.4 is 10.1 Å². The van der Waals surface area contributed by atoms with Crippen LogP contribution in [0, 0.1) is 5.92 Å². The van der Waals surface area contributed by atoms with Gasteiger partial charge in [0.1, 0.15) is 5.75 Å². The van der Waals surface area contributed by atoms with Crippen LogP contribution in [0.5, 0.6) is 5.75 Å². The molecule has 0 spiro atoms. The van der Waals surface area contributed by atoms with E-state index in [0.717, 1.165) is 24.2 Å². The molecule has 1 rings (SSSR count). The Balaban J connectivity index is 2.61. The number of ether oxygens (including phenoxy) is 1. The molecule has 1 aromatic rings. The molecule has 112 valence electrons. The van der Waals surface area contributed by atoms with Crippen LogP contribution in [0.4, 0.5) is 0 Å². The molecule has 3 unspecified atom stereocenters. The van der Waals surface area contributed by atoms with E-state index in [2.05, 4.69) is 12.2 Å². The average Bonchev–Trinajstić information content (AvgIpc) is 2.46. The lowest BCUT2D eigenvalue weighted by molar-refractivity contribution is -0.126. The third-order valence-electron chi connectivity index (χ3n) is 3.47. The Morgan fingerprint density at radius 2 is 1.90 bits per heavy atom. The molecule has 0 radical (unpaired) electrons. The van der Waals surface area contributed by atoms with Crippen LogP contribution in [-0.2, 0) is 4.79 Å². The van der Waals surface area contributed by atoms with Gasteiger partial charge in [-0.3, -0.25) is 4.79 Å². The van der Waals surface area contributed by atoms with Crippen LogP contribution in [0.25, 0.3) is 0 Å². The number of nitrogens with one attached hydrogen (secondary N) is 1. The van der Waals surface area contributed by atoms with Crippen molar-refractivity contribution in [2.45, 2.75) is 45.8 Å². The maximum Gasteiger partial charge on any atom is 0.223 e. The maximum atomic E-state index is 11.9. The zero-order valence-electron chi connectivity index (χ0n) is 12.7. The highest BCUT2D eigenvalue weighted by molar-refractivity contribution is 5.78. The molecule has 0 saturated heterocycles. The first kappa shape index (κ1) is 16.5. The SMILES string of the molecule is CCCC(C)C(=O)NC(C)C(O)c1ccc(OC)cc1. The smallest absolute Gasteiger partial charge is 0.223 e. The van der Waals surface area contributed by atoms with Crippen molar-refractivity contribution in [3.05, 3.63) is 29.8 Å². The molecule has 20 heavy (non-hydrogen) atoms. The van der Waals surface area contributed by atoms with Gasteiger partial charge in [0, 0.05) is 5.92 Å². The summed E-state index contributed by atoms with van der Waals surface area (Å²) in [5.41, 5.74) is 0.766. The zero-order valence-corrected chi connectivity index (χ0v) is 12.7. The molecule has 0 saturated carbocycles. The number of methoxy groups -OCH3 is 1. The van der Waals surface area contributed by atoms with E-state index in [9.17, 15) is 9.90 Å². The number of hydrogen-bond donors (Lipinski definition) is 2. The molecule has 0 bridgehead atoms. The Hall–Kier alpha value is -1.55. The first-order chi connectivity index (χ1) is 9.49. The lowest BCUT2D eigenvalue weighted by Gasteiger charge is -2.22. The van der Waals surface area contributed by atoms with Crippen molar-refractivity contribution in [1.82, 2.24) is 5.32 Å². The predicted molar refractivity (Wildman–Crippen MR) is 79.6 cm³/mol. The van der Waals surface area contributed by atoms with Gasteiger partial charge in [0.2, 0.25) is 5.91 Å². The standard InChI is InChI=1S/C16H25NO3/c1-5-6-11(2)16(19)17-12(3)15(18)13-7-9-14(20-4)10-8-13/h7-12,15,18H,5-6H2,1-4H3,(H,17,19). The number of benzene rings is 1. The van der Waals surface area contributed by atoms with Crippen molar-refractivity contribution in [3.63, 3.8) is 0 Å². The molecule has 2 N–H and O–H groups in total. The minimum Gasteiger partial charge on any atom is -0.497 e. The maximum absolute atomic E-state index is 11.9. The molecule has 1 amide bonds. The second-order valence-electron chi connectivity index (χ2n) is 5.20. The van der Waals surface area contributed by atoms with Crippen LogP contribution in [0.3, 0.4) is 0 Å². The van der Waals surface area contributed by atoms with Gasteiger partial charge in [0.05, 0.1) is 19.3 Å². The van der Waals surface area contributed by atoms with Crippen LogP contribution >= 0.6 is 0 Å². The Morgan fingerprint density at radius 3 is 2.40 bits per heavy atom. The van der Waals surface area contributed by atoms with E-state index in [1.807, 2.05) is 26.0 Å². The molecule has 1 aromatic carbocycles. The molecule has 0 aliphatic heterocycles. The van der Waals surface area contributed by atoms with E-state index in [1.165, 1.54) is 0 Å². The van der Waals surface area contributed by atoms with Gasteiger partial charge in [-0.15, -0.1) is 0 Å². The number of aliphatic hydroxyl groups excluding tert-OH is 1. The minimum atomic E-state index is -0.723. The topological polar surface area (TPSA) is 58.6 Å². The number of amides is 1. The van der Waals surface area contributed by atoms with Crippen LogP contribution in [-0.4, -0.2) is 24.2 Å². The lowest BCUT2D eigenvalue weighted by Crippen LogP contribution is -2.39. The van der Waals surface area contributed by atoms with Gasteiger partial charge in [-0.2, -0.15) is 0 Å². The Morgan fingerprint density at radius 1 is 1.30 bits per heavy atom. The third kappa shape index (κ3) is 4.53. The number of hydrogen-bond acceptors (Lipinski definition) is 3. The van der Waals surface area contributed by atoms with E-state index in [4.69, 9.17) is 4.74 Å². The lowest BCUT2D eigenvalue weighted by atomic mass is 10.0. The van der Waals surface area contributed by atoms with Crippen molar-refractivity contribution in [3.8, 4) is 5.75 Å². The molecule has 0 aliphatic carbocycles. The summed E-state index contributed by atoms with van der Waals surface area (Å²) < 4.78 is 5.08. The van der Waals surface area contributed by atoms with E-state index >= 15 is 0 Å². The highest BCUT2D eigenvalue weighted by Gasteiger charge is 2.20. The van der Waals surface area contributed by atoms with Crippen LogP contribution in [0.2, 0.25) is 0 Å². The minimum absolute atomic E-state index is 0.00749. The average molecular weight is 279 g/mol. The van der Waals surface area contributed by atoms with E-state index in [-0.39, 0.29) is 17.9 Å². The van der Waals surface area contributed by atoms with Gasteiger partial charge in [-0.25, -0.2) is 0 Å². The molecule has 3 atom stereocenters. The number of carbonyl (C=O) groups excluding carboxylic acids is 1. The first-order valence-corrected chi connectivity index (χ1v) is 7.12. The predicted octanol–water partition coefficient (Wildman–Crippen LogP) is 2.67. The highest BCUT2D eigenvalue weighted by Crippen LogP contribution is 2.20. The summed E-state index contributed by atoms with van der Waals surface area (Å²) in [5.74, 6) is 0.714. The van der Waals surface area contributed by atoms with Gasteiger partial charge in [-0.05, 0) is 31.0 Å². The van der Waals surface area contributed by atoms with E-state index in [0.29, 0.717) is 0 Å². The Labute approximate surface area is 121 Å². The summed E-state index contributed by atoms with van der Waals surface area (Å²) in [7, 11) is 1.60.